The van der Waals surface area contributed by atoms with E-state index in [4.69, 9.17) is 9.57 Å². The van der Waals surface area contributed by atoms with Crippen molar-refractivity contribution in [2.45, 2.75) is 84.5 Å². The van der Waals surface area contributed by atoms with Gasteiger partial charge in [0.25, 0.3) is 0 Å². The molecule has 3 aliphatic carbocycles. The monoisotopic (exact) mass is 723 g/mol. The molecule has 0 radical (unpaired) electrons. The van der Waals surface area contributed by atoms with Gasteiger partial charge in [-0.25, -0.2) is 0 Å². The van der Waals surface area contributed by atoms with E-state index in [1.807, 2.05) is 12.1 Å². The fourth-order valence-electron chi connectivity index (χ4n) is 9.02. The number of benzene rings is 2. The van der Waals surface area contributed by atoms with Crippen LogP contribution in [0.25, 0.3) is 11.1 Å². The van der Waals surface area contributed by atoms with Crippen molar-refractivity contribution >= 4 is 5.91 Å². The summed E-state index contributed by atoms with van der Waals surface area (Å²) >= 11 is 0. The summed E-state index contributed by atoms with van der Waals surface area (Å²) < 4.78 is 6.14. The molecule has 1 saturated heterocycles. The number of hydrogen-bond donors (Lipinski definition) is 5. The Bertz CT molecular complexity index is 1450. The maximum Gasteiger partial charge on any atom is 0.240 e. The van der Waals surface area contributed by atoms with Crippen molar-refractivity contribution < 1.29 is 24.6 Å². The van der Waals surface area contributed by atoms with E-state index in [9.17, 15) is 15.0 Å². The predicted molar refractivity (Wildman–Crippen MR) is 207 cm³/mol. The van der Waals surface area contributed by atoms with E-state index in [0.29, 0.717) is 28.9 Å². The number of rotatable bonds is 18. The Kier molecular flexibility index (Phi) is 13.8. The number of methoxy groups -OCH3 is 1. The summed E-state index contributed by atoms with van der Waals surface area (Å²) in [5.41, 5.74) is 5.55. The van der Waals surface area contributed by atoms with E-state index in [1.54, 1.807) is 19.1 Å². The highest BCUT2D eigenvalue weighted by atomic mass is 16.7. The van der Waals surface area contributed by atoms with Gasteiger partial charge >= 0.3 is 0 Å². The van der Waals surface area contributed by atoms with Crippen LogP contribution in [-0.4, -0.2) is 123 Å². The summed E-state index contributed by atoms with van der Waals surface area (Å²) in [6.45, 7) is 13.8. The van der Waals surface area contributed by atoms with Gasteiger partial charge in [-0.1, -0.05) is 45.0 Å². The smallest absolute Gasteiger partial charge is 0.240 e. The van der Waals surface area contributed by atoms with Crippen LogP contribution in [0.1, 0.15) is 57.2 Å². The third kappa shape index (κ3) is 9.18. The first-order valence-corrected chi connectivity index (χ1v) is 19.3. The highest BCUT2D eigenvalue weighted by Gasteiger charge is 2.57. The van der Waals surface area contributed by atoms with Gasteiger partial charge in [-0.2, -0.15) is 5.06 Å². The van der Waals surface area contributed by atoms with Crippen molar-refractivity contribution in [3.05, 3.63) is 53.1 Å². The number of carbonyl (C=O) groups excluding carboxylic acids is 1. The van der Waals surface area contributed by atoms with Gasteiger partial charge in [-0.15, -0.1) is 0 Å². The molecule has 0 unspecified atom stereocenters. The van der Waals surface area contributed by atoms with Gasteiger partial charge < -0.3 is 40.7 Å². The van der Waals surface area contributed by atoms with Crippen LogP contribution < -0.4 is 20.7 Å². The number of hydroxylamine groups is 2. The molecule has 3 saturated carbocycles. The van der Waals surface area contributed by atoms with E-state index < -0.39 is 24.2 Å². The van der Waals surface area contributed by atoms with Crippen molar-refractivity contribution in [2.75, 3.05) is 68.1 Å². The number of carbonyl (C=O) groups is 1. The molecular formula is C41H66N6O5. The molecule has 5 N–H and O–H groups in total. The SMILES string of the molecule is COc1c(CN2O[C@@H](CO)[C@H]([C@H](C)O)[C@H]2C(=O)N[C@H]2C[C@H]3C[C@@H]([C@@H]2C)C3(C)C)cccc1-c1cc(CNCCN(C)C)cc(CNCCN(C)C)c1. The topological polar surface area (TPSA) is 122 Å². The minimum atomic E-state index is -0.860. The zero-order chi connectivity index (χ0) is 37.7. The van der Waals surface area contributed by atoms with E-state index in [-0.39, 0.29) is 25.1 Å². The molecule has 11 heteroatoms. The summed E-state index contributed by atoms with van der Waals surface area (Å²) in [5, 5.41) is 33.5. The number of aliphatic hydroxyl groups is 2. The Morgan fingerprint density at radius 2 is 1.67 bits per heavy atom. The Morgan fingerprint density at radius 1 is 1.04 bits per heavy atom. The highest BCUT2D eigenvalue weighted by Crippen LogP contribution is 2.61. The average molecular weight is 723 g/mol. The highest BCUT2D eigenvalue weighted by molar-refractivity contribution is 5.83. The van der Waals surface area contributed by atoms with Crippen molar-refractivity contribution in [1.29, 1.82) is 0 Å². The molecule has 11 nitrogen and oxygen atoms in total. The number of aliphatic hydroxyl groups excluding tert-OH is 2. The number of hydrogen-bond acceptors (Lipinski definition) is 10. The molecule has 290 valence electrons. The maximum absolute atomic E-state index is 14.3. The first kappa shape index (κ1) is 40.6. The minimum absolute atomic E-state index is 0.0723. The summed E-state index contributed by atoms with van der Waals surface area (Å²) in [6, 6.07) is 12.1. The first-order chi connectivity index (χ1) is 24.7. The Labute approximate surface area is 312 Å². The number of nitrogens with zero attached hydrogens (tertiary/aromatic N) is 3. The van der Waals surface area contributed by atoms with Crippen molar-refractivity contribution in [1.82, 2.24) is 30.8 Å². The van der Waals surface area contributed by atoms with Crippen molar-refractivity contribution in [3.63, 3.8) is 0 Å². The standard InChI is InChI=1S/C41H66N6O5/c1-26-34-20-32(41(34,3)4)21-35(26)44-40(50)38-37(27(2)49)36(25-48)52-47(38)24-30-11-10-12-33(39(30)51-9)31-18-28(22-42-13-15-45(5)6)17-29(19-31)23-43-14-16-46(7)8/h10-12,17-19,26-27,32,34-38,42-43,48-49H,13-16,20-25H2,1-9H3,(H,44,50)/t26-,27-,32+,34-,35-,36-,37-,38-/m0/s1. The summed E-state index contributed by atoms with van der Waals surface area (Å²) in [6.07, 6.45) is 0.615. The van der Waals surface area contributed by atoms with Crippen molar-refractivity contribution in [2.24, 2.45) is 29.1 Å². The van der Waals surface area contributed by atoms with Gasteiger partial charge in [-0.05, 0) is 99.9 Å². The second-order valence-electron chi connectivity index (χ2n) is 16.7. The van der Waals surface area contributed by atoms with Crippen LogP contribution in [0.4, 0.5) is 0 Å². The van der Waals surface area contributed by atoms with Crippen LogP contribution in [0.3, 0.4) is 0 Å². The lowest BCUT2D eigenvalue weighted by atomic mass is 9.45. The third-order valence-electron chi connectivity index (χ3n) is 12.2. The lowest BCUT2D eigenvalue weighted by Gasteiger charge is -2.62. The molecule has 2 aromatic carbocycles. The normalized spacial score (nSPS) is 27.5. The molecule has 1 amide bonds. The van der Waals surface area contributed by atoms with Crippen LogP contribution in [0.2, 0.25) is 0 Å². The number of likely N-dealkylation sites (N-methyl/N-ethyl adjacent to an activating group) is 2. The van der Waals surface area contributed by atoms with E-state index in [0.717, 1.165) is 62.4 Å². The minimum Gasteiger partial charge on any atom is -0.496 e. The quantitative estimate of drug-likeness (QED) is 0.147. The predicted octanol–water partition coefficient (Wildman–Crippen LogP) is 3.33. The third-order valence-corrected chi connectivity index (χ3v) is 12.2. The zero-order valence-electron chi connectivity index (χ0n) is 33.1. The molecule has 8 atom stereocenters. The van der Waals surface area contributed by atoms with E-state index in [2.05, 4.69) is 99.0 Å². The van der Waals surface area contributed by atoms with Gasteiger partial charge in [0.15, 0.2) is 0 Å². The van der Waals surface area contributed by atoms with E-state index >= 15 is 0 Å². The number of ether oxygens (including phenoxy) is 1. The molecule has 52 heavy (non-hydrogen) atoms. The Balaban J connectivity index is 1.41. The fraction of sp³-hybridized carbons (Fsp3) is 0.683. The molecular weight excluding hydrogens is 656 g/mol. The average Bonchev–Trinajstić information content (AvgIpc) is 3.47. The van der Waals surface area contributed by atoms with Crippen LogP contribution in [0.5, 0.6) is 5.75 Å². The zero-order valence-corrected chi connectivity index (χ0v) is 33.1. The number of amides is 1. The van der Waals surface area contributed by atoms with Gasteiger partial charge in [-0.3, -0.25) is 9.63 Å². The molecule has 1 heterocycles. The van der Waals surface area contributed by atoms with Crippen LogP contribution in [0, 0.1) is 29.1 Å². The molecule has 1 aliphatic heterocycles. The van der Waals surface area contributed by atoms with Crippen LogP contribution in [0.15, 0.2) is 36.4 Å². The molecule has 2 bridgehead atoms. The summed E-state index contributed by atoms with van der Waals surface area (Å²) in [7, 11) is 9.99. The summed E-state index contributed by atoms with van der Waals surface area (Å²) in [5.74, 6) is 1.50. The molecule has 6 rings (SSSR count). The second-order valence-corrected chi connectivity index (χ2v) is 16.7. The fourth-order valence-corrected chi connectivity index (χ4v) is 9.02. The Hall–Kier alpha value is -2.61. The largest absolute Gasteiger partial charge is 0.496 e. The van der Waals surface area contributed by atoms with Gasteiger partial charge in [0.1, 0.15) is 17.9 Å². The lowest BCUT2D eigenvalue weighted by molar-refractivity contribution is -0.183. The van der Waals surface area contributed by atoms with Crippen LogP contribution >= 0.6 is 0 Å². The Morgan fingerprint density at radius 3 is 2.19 bits per heavy atom. The van der Waals surface area contributed by atoms with E-state index in [1.165, 1.54) is 17.5 Å². The molecule has 0 spiro atoms. The number of fused-ring (bicyclic) bond motifs is 2. The molecule has 4 aliphatic rings. The number of para-hydroxylation sites is 1. The van der Waals surface area contributed by atoms with Gasteiger partial charge in [0.05, 0.1) is 26.4 Å². The first-order valence-electron chi connectivity index (χ1n) is 19.3. The summed E-state index contributed by atoms with van der Waals surface area (Å²) in [4.78, 5) is 24.9. The maximum atomic E-state index is 14.3. The molecule has 0 aromatic heterocycles. The second kappa shape index (κ2) is 17.7. The van der Waals surface area contributed by atoms with Crippen LogP contribution in [-0.2, 0) is 29.3 Å². The van der Waals surface area contributed by atoms with Gasteiger partial charge in [0, 0.05) is 62.4 Å². The number of nitrogens with one attached hydrogen (secondary N) is 3. The lowest BCUT2D eigenvalue weighted by Crippen LogP contribution is -2.62. The molecule has 2 aromatic rings. The molecule has 4 fully saturated rings. The van der Waals surface area contributed by atoms with Crippen molar-refractivity contribution in [3.8, 4) is 16.9 Å². The van der Waals surface area contributed by atoms with Gasteiger partial charge in [0.2, 0.25) is 5.91 Å².